The molecule has 1 saturated heterocycles. The van der Waals surface area contributed by atoms with Gasteiger partial charge in [0.05, 0.1) is 36.3 Å². The van der Waals surface area contributed by atoms with Gasteiger partial charge in [0, 0.05) is 38.1 Å². The van der Waals surface area contributed by atoms with Gasteiger partial charge < -0.3 is 9.64 Å². The highest BCUT2D eigenvalue weighted by atomic mass is 16.5. The zero-order chi connectivity index (χ0) is 17.6. The van der Waals surface area contributed by atoms with Crippen molar-refractivity contribution in [3.8, 4) is 0 Å². The van der Waals surface area contributed by atoms with Crippen molar-refractivity contribution in [1.82, 2.24) is 24.6 Å². The van der Waals surface area contributed by atoms with Crippen LogP contribution in [0.15, 0.2) is 24.7 Å². The van der Waals surface area contributed by atoms with Crippen molar-refractivity contribution in [2.24, 2.45) is 0 Å². The number of hydrogen-bond donors (Lipinski definition) is 0. The molecule has 0 unspecified atom stereocenters. The number of carbonyl (C=O) groups excluding carboxylic acids is 1. The first kappa shape index (κ1) is 17.5. The van der Waals surface area contributed by atoms with E-state index in [-0.39, 0.29) is 11.9 Å². The van der Waals surface area contributed by atoms with Crippen LogP contribution in [0.2, 0.25) is 0 Å². The van der Waals surface area contributed by atoms with Gasteiger partial charge in [-0.25, -0.2) is 0 Å². The van der Waals surface area contributed by atoms with Crippen molar-refractivity contribution in [2.75, 3.05) is 19.8 Å². The Labute approximate surface area is 148 Å². The lowest BCUT2D eigenvalue weighted by atomic mass is 10.1. The van der Waals surface area contributed by atoms with E-state index in [1.54, 1.807) is 12.4 Å². The normalized spacial score (nSPS) is 17.7. The zero-order valence-corrected chi connectivity index (χ0v) is 14.9. The lowest BCUT2D eigenvalue weighted by molar-refractivity contribution is -0.140. The number of amides is 1. The van der Waals surface area contributed by atoms with E-state index in [2.05, 4.69) is 15.1 Å². The summed E-state index contributed by atoms with van der Waals surface area (Å²) < 4.78 is 7.42. The van der Waals surface area contributed by atoms with Crippen molar-refractivity contribution < 1.29 is 9.53 Å². The second-order valence-corrected chi connectivity index (χ2v) is 6.41. The minimum Gasteiger partial charge on any atom is -0.377 e. The average Bonchev–Trinajstić information content (AvgIpc) is 3.04. The van der Waals surface area contributed by atoms with E-state index >= 15 is 0 Å². The summed E-state index contributed by atoms with van der Waals surface area (Å²) in [5.41, 5.74) is 2.91. The van der Waals surface area contributed by atoms with E-state index in [4.69, 9.17) is 4.74 Å². The van der Waals surface area contributed by atoms with Gasteiger partial charge in [0.25, 0.3) is 0 Å². The molecule has 0 aliphatic carbocycles. The molecule has 0 N–H and O–H groups in total. The second kappa shape index (κ2) is 8.20. The Morgan fingerprint density at radius 1 is 1.32 bits per heavy atom. The minimum absolute atomic E-state index is 0.0991. The highest BCUT2D eigenvalue weighted by molar-refractivity contribution is 5.76. The summed E-state index contributed by atoms with van der Waals surface area (Å²) in [5, 5.41) is 4.34. The Morgan fingerprint density at radius 3 is 2.92 bits per heavy atom. The van der Waals surface area contributed by atoms with Crippen LogP contribution in [0.4, 0.5) is 0 Å². The zero-order valence-electron chi connectivity index (χ0n) is 14.9. The number of ether oxygens (including phenoxy) is 1. The maximum absolute atomic E-state index is 12.7. The first-order valence-electron chi connectivity index (χ1n) is 8.77. The van der Waals surface area contributed by atoms with Gasteiger partial charge >= 0.3 is 0 Å². The maximum atomic E-state index is 12.7. The summed E-state index contributed by atoms with van der Waals surface area (Å²) in [7, 11) is 0. The van der Waals surface area contributed by atoms with Gasteiger partial charge in [-0.1, -0.05) is 0 Å². The molecular weight excluding hydrogens is 318 g/mol. The molecule has 7 nitrogen and oxygen atoms in total. The van der Waals surface area contributed by atoms with Crippen LogP contribution in [0.25, 0.3) is 0 Å². The molecule has 3 heterocycles. The fourth-order valence-electron chi connectivity index (χ4n) is 3.15. The number of carbonyl (C=O) groups is 1. The van der Waals surface area contributed by atoms with E-state index in [1.807, 2.05) is 35.7 Å². The van der Waals surface area contributed by atoms with Crippen molar-refractivity contribution >= 4 is 5.91 Å². The highest BCUT2D eigenvalue weighted by Crippen LogP contribution is 2.16. The van der Waals surface area contributed by atoms with Crippen LogP contribution in [0.1, 0.15) is 29.9 Å². The first-order chi connectivity index (χ1) is 12.1. The van der Waals surface area contributed by atoms with Crippen LogP contribution in [-0.2, 0) is 22.5 Å². The SMILES string of the molecule is Cc1ccn(CCC(=O)N2CCOC[C@H]2CCc2nccnc2C)n1. The van der Waals surface area contributed by atoms with Crippen molar-refractivity contribution in [3.05, 3.63) is 41.7 Å². The number of hydrogen-bond acceptors (Lipinski definition) is 5. The molecular formula is C18H25N5O2. The largest absolute Gasteiger partial charge is 0.377 e. The molecule has 1 aliphatic heterocycles. The molecule has 1 fully saturated rings. The molecule has 0 spiro atoms. The average molecular weight is 343 g/mol. The Bertz CT molecular complexity index is 715. The van der Waals surface area contributed by atoms with E-state index in [0.717, 1.165) is 29.9 Å². The molecule has 0 radical (unpaired) electrons. The number of morpholine rings is 1. The molecule has 0 saturated carbocycles. The summed E-state index contributed by atoms with van der Waals surface area (Å²) in [5.74, 6) is 0.164. The smallest absolute Gasteiger partial charge is 0.224 e. The van der Waals surface area contributed by atoms with Gasteiger partial charge in [0.2, 0.25) is 5.91 Å². The molecule has 1 amide bonds. The van der Waals surface area contributed by atoms with Gasteiger partial charge in [-0.15, -0.1) is 0 Å². The summed E-state index contributed by atoms with van der Waals surface area (Å²) in [6, 6.07) is 2.05. The molecule has 1 aliphatic rings. The van der Waals surface area contributed by atoms with Crippen LogP contribution in [0.5, 0.6) is 0 Å². The molecule has 1 atom stereocenters. The van der Waals surface area contributed by atoms with Gasteiger partial charge in [0.15, 0.2) is 0 Å². The van der Waals surface area contributed by atoms with Crippen LogP contribution in [-0.4, -0.2) is 56.4 Å². The van der Waals surface area contributed by atoms with Crippen molar-refractivity contribution in [2.45, 2.75) is 45.7 Å². The first-order valence-corrected chi connectivity index (χ1v) is 8.77. The molecule has 0 bridgehead atoms. The fourth-order valence-corrected chi connectivity index (χ4v) is 3.15. The summed E-state index contributed by atoms with van der Waals surface area (Å²) in [6.45, 7) is 6.37. The van der Waals surface area contributed by atoms with E-state index < -0.39 is 0 Å². The van der Waals surface area contributed by atoms with Gasteiger partial charge in [0.1, 0.15) is 0 Å². The van der Waals surface area contributed by atoms with Gasteiger partial charge in [-0.05, 0) is 32.8 Å². The second-order valence-electron chi connectivity index (χ2n) is 6.41. The van der Waals surface area contributed by atoms with Crippen LogP contribution >= 0.6 is 0 Å². The number of aryl methyl sites for hydroxylation is 4. The van der Waals surface area contributed by atoms with E-state index in [9.17, 15) is 4.79 Å². The predicted molar refractivity (Wildman–Crippen MR) is 93.0 cm³/mol. The Balaban J connectivity index is 1.56. The molecule has 3 rings (SSSR count). The van der Waals surface area contributed by atoms with Crippen molar-refractivity contribution in [1.29, 1.82) is 0 Å². The van der Waals surface area contributed by atoms with Gasteiger partial charge in [-0.2, -0.15) is 5.10 Å². The summed E-state index contributed by atoms with van der Waals surface area (Å²) in [4.78, 5) is 23.3. The molecule has 134 valence electrons. The topological polar surface area (TPSA) is 73.1 Å². The monoisotopic (exact) mass is 343 g/mol. The standard InChI is InChI=1S/C18H25N5O2/c1-14-5-9-22(21-14)10-6-18(24)23-11-12-25-13-16(23)3-4-17-15(2)19-7-8-20-17/h5,7-9,16H,3-4,6,10-13H2,1-2H3/t16-/m1/s1. The molecule has 2 aromatic heterocycles. The van der Waals surface area contributed by atoms with Crippen LogP contribution in [0.3, 0.4) is 0 Å². The third-order valence-electron chi connectivity index (χ3n) is 4.57. The quantitative estimate of drug-likeness (QED) is 0.795. The maximum Gasteiger partial charge on any atom is 0.224 e. The number of aromatic nitrogens is 4. The van der Waals surface area contributed by atoms with E-state index in [1.165, 1.54) is 0 Å². The van der Waals surface area contributed by atoms with Gasteiger partial charge in [-0.3, -0.25) is 19.4 Å². The Hall–Kier alpha value is -2.28. The van der Waals surface area contributed by atoms with Crippen molar-refractivity contribution in [3.63, 3.8) is 0 Å². The number of nitrogens with zero attached hydrogens (tertiary/aromatic N) is 5. The summed E-state index contributed by atoms with van der Waals surface area (Å²) >= 11 is 0. The fraction of sp³-hybridized carbons (Fsp3) is 0.556. The lowest BCUT2D eigenvalue weighted by Crippen LogP contribution is -2.49. The van der Waals surface area contributed by atoms with Crippen LogP contribution in [0, 0.1) is 13.8 Å². The molecule has 25 heavy (non-hydrogen) atoms. The molecule has 7 heteroatoms. The van der Waals surface area contributed by atoms with Crippen LogP contribution < -0.4 is 0 Å². The Morgan fingerprint density at radius 2 is 2.16 bits per heavy atom. The third-order valence-corrected chi connectivity index (χ3v) is 4.57. The third kappa shape index (κ3) is 4.63. The Kier molecular flexibility index (Phi) is 5.75. The minimum atomic E-state index is 0.0991. The van der Waals surface area contributed by atoms with E-state index in [0.29, 0.717) is 32.7 Å². The predicted octanol–water partition coefficient (Wildman–Crippen LogP) is 1.54. The molecule has 2 aromatic rings. The number of rotatable bonds is 6. The highest BCUT2D eigenvalue weighted by Gasteiger charge is 2.27. The molecule has 0 aromatic carbocycles. The lowest BCUT2D eigenvalue weighted by Gasteiger charge is -2.36. The summed E-state index contributed by atoms with van der Waals surface area (Å²) in [6.07, 6.45) is 7.43.